The minimum atomic E-state index is -1.19. The second-order valence-electron chi connectivity index (χ2n) is 7.05. The molecule has 0 aliphatic heterocycles. The third-order valence-electron chi connectivity index (χ3n) is 4.31. The van der Waals surface area contributed by atoms with Gasteiger partial charge in [-0.05, 0) is 61.9 Å². The normalized spacial score (nSPS) is 10.8. The summed E-state index contributed by atoms with van der Waals surface area (Å²) in [6.07, 6.45) is 2.96. The summed E-state index contributed by atoms with van der Waals surface area (Å²) in [4.78, 5) is 46.7. The van der Waals surface area contributed by atoms with Gasteiger partial charge in [0.2, 0.25) is 5.91 Å². The van der Waals surface area contributed by atoms with Crippen molar-refractivity contribution in [2.24, 2.45) is 0 Å². The van der Waals surface area contributed by atoms with Crippen LogP contribution in [-0.4, -0.2) is 42.1 Å². The van der Waals surface area contributed by atoms with Gasteiger partial charge in [-0.1, -0.05) is 13.3 Å². The fourth-order valence-corrected chi connectivity index (χ4v) is 2.51. The first-order valence-electron chi connectivity index (χ1n) is 10.3. The average molecular weight is 454 g/mol. The third kappa shape index (κ3) is 8.86. The molecule has 9 nitrogen and oxygen atoms in total. The Hall–Kier alpha value is -4.14. The number of carbonyl (C=O) groups is 4. The molecule has 0 aliphatic carbocycles. The summed E-state index contributed by atoms with van der Waals surface area (Å²) >= 11 is 0. The van der Waals surface area contributed by atoms with E-state index in [1.54, 1.807) is 24.3 Å². The van der Waals surface area contributed by atoms with Crippen LogP contribution in [0.1, 0.15) is 37.0 Å². The van der Waals surface area contributed by atoms with Crippen molar-refractivity contribution in [3.63, 3.8) is 0 Å². The maximum atomic E-state index is 12.1. The lowest BCUT2D eigenvalue weighted by molar-refractivity contribution is -0.132. The number of carboxylic acids is 1. The van der Waals surface area contributed by atoms with Crippen LogP contribution in [0.15, 0.2) is 60.2 Å². The van der Waals surface area contributed by atoms with Crippen LogP contribution in [0, 0.1) is 0 Å². The predicted molar refractivity (Wildman–Crippen MR) is 122 cm³/mol. The molecule has 0 spiro atoms. The number of ether oxygens (including phenoxy) is 2. The van der Waals surface area contributed by atoms with Crippen LogP contribution in [-0.2, 0) is 19.1 Å². The number of rotatable bonds is 11. The Morgan fingerprint density at radius 2 is 1.55 bits per heavy atom. The van der Waals surface area contributed by atoms with Crippen molar-refractivity contribution in [2.75, 3.05) is 23.8 Å². The average Bonchev–Trinajstić information content (AvgIpc) is 2.79. The number of carboxylic acid groups (broad SMARTS) is 1. The Morgan fingerprint density at radius 1 is 0.939 bits per heavy atom. The zero-order valence-electron chi connectivity index (χ0n) is 18.4. The zero-order chi connectivity index (χ0) is 24.2. The van der Waals surface area contributed by atoms with Gasteiger partial charge in [0.1, 0.15) is 5.75 Å². The van der Waals surface area contributed by atoms with Gasteiger partial charge in [-0.3, -0.25) is 9.59 Å². The fraction of sp³-hybridized carbons (Fsp3) is 0.250. The molecule has 0 atom stereocenters. The minimum absolute atomic E-state index is 0.109. The smallest absolute Gasteiger partial charge is 0.338 e. The molecular formula is C24H26N2O7. The molecule has 0 fully saturated rings. The molecular weight excluding hydrogens is 428 g/mol. The van der Waals surface area contributed by atoms with Crippen LogP contribution in [0.2, 0.25) is 0 Å². The van der Waals surface area contributed by atoms with Crippen LogP contribution in [0.25, 0.3) is 0 Å². The van der Waals surface area contributed by atoms with Crippen LogP contribution < -0.4 is 15.4 Å². The van der Waals surface area contributed by atoms with Crippen molar-refractivity contribution >= 4 is 35.1 Å². The van der Waals surface area contributed by atoms with E-state index in [1.165, 1.54) is 31.2 Å². The summed E-state index contributed by atoms with van der Waals surface area (Å²) < 4.78 is 10.6. The topological polar surface area (TPSA) is 131 Å². The summed E-state index contributed by atoms with van der Waals surface area (Å²) in [5, 5.41) is 13.9. The van der Waals surface area contributed by atoms with Crippen LogP contribution in [0.4, 0.5) is 11.4 Å². The van der Waals surface area contributed by atoms with E-state index in [0.29, 0.717) is 23.7 Å². The van der Waals surface area contributed by atoms with E-state index >= 15 is 0 Å². The van der Waals surface area contributed by atoms with Crippen LogP contribution in [0.5, 0.6) is 5.75 Å². The molecule has 0 radical (unpaired) electrons. The highest BCUT2D eigenvalue weighted by Gasteiger charge is 2.11. The number of nitrogens with one attached hydrogen (secondary N) is 2. The Bertz CT molecular complexity index is 1010. The van der Waals surface area contributed by atoms with Crippen molar-refractivity contribution in [3.8, 4) is 5.75 Å². The molecule has 0 aliphatic rings. The number of hydrogen-bond acceptors (Lipinski definition) is 6. The van der Waals surface area contributed by atoms with E-state index in [0.717, 1.165) is 18.9 Å². The Labute approximate surface area is 191 Å². The van der Waals surface area contributed by atoms with E-state index in [4.69, 9.17) is 14.6 Å². The summed E-state index contributed by atoms with van der Waals surface area (Å²) in [5.74, 6) is -2.29. The predicted octanol–water partition coefficient (Wildman–Crippen LogP) is 3.63. The number of benzene rings is 2. The van der Waals surface area contributed by atoms with Crippen molar-refractivity contribution in [1.82, 2.24) is 0 Å². The molecule has 0 aromatic heterocycles. The largest absolute Gasteiger partial charge is 0.494 e. The van der Waals surface area contributed by atoms with Gasteiger partial charge in [-0.15, -0.1) is 0 Å². The van der Waals surface area contributed by atoms with Crippen LogP contribution >= 0.6 is 0 Å². The van der Waals surface area contributed by atoms with E-state index in [1.807, 2.05) is 0 Å². The number of hydrogen-bond donors (Lipinski definition) is 3. The van der Waals surface area contributed by atoms with Crippen LogP contribution in [0.3, 0.4) is 0 Å². The maximum Gasteiger partial charge on any atom is 0.338 e. The van der Waals surface area contributed by atoms with Crippen molar-refractivity contribution in [3.05, 3.63) is 65.7 Å². The molecule has 0 saturated heterocycles. The lowest BCUT2D eigenvalue weighted by Gasteiger charge is -2.09. The second-order valence-corrected chi connectivity index (χ2v) is 7.05. The molecule has 2 aromatic rings. The van der Waals surface area contributed by atoms with E-state index in [2.05, 4.69) is 17.6 Å². The number of anilines is 2. The van der Waals surface area contributed by atoms with Gasteiger partial charge in [0.15, 0.2) is 6.61 Å². The zero-order valence-corrected chi connectivity index (χ0v) is 18.4. The van der Waals surface area contributed by atoms with Gasteiger partial charge < -0.3 is 25.2 Å². The molecule has 0 bridgehead atoms. The molecule has 3 N–H and O–H groups in total. The van der Waals surface area contributed by atoms with E-state index < -0.39 is 30.4 Å². The molecule has 0 saturated carbocycles. The highest BCUT2D eigenvalue weighted by Crippen LogP contribution is 2.16. The minimum Gasteiger partial charge on any atom is -0.494 e. The number of unbranched alkanes of at least 4 members (excludes halogenated alkanes) is 1. The second kappa shape index (κ2) is 12.7. The molecule has 33 heavy (non-hydrogen) atoms. The maximum absolute atomic E-state index is 12.1. The monoisotopic (exact) mass is 454 g/mol. The highest BCUT2D eigenvalue weighted by atomic mass is 16.5. The van der Waals surface area contributed by atoms with E-state index in [-0.39, 0.29) is 11.1 Å². The fourth-order valence-electron chi connectivity index (χ4n) is 2.51. The Morgan fingerprint density at radius 3 is 2.15 bits per heavy atom. The van der Waals surface area contributed by atoms with Crippen molar-refractivity contribution < 1.29 is 33.8 Å². The third-order valence-corrected chi connectivity index (χ3v) is 4.31. The summed E-state index contributed by atoms with van der Waals surface area (Å²) in [7, 11) is 0. The highest BCUT2D eigenvalue weighted by molar-refractivity contribution is 6.04. The Balaban J connectivity index is 1.80. The summed E-state index contributed by atoms with van der Waals surface area (Å²) in [6.45, 7) is 3.54. The first-order valence-corrected chi connectivity index (χ1v) is 10.3. The molecule has 2 amide bonds. The standard InChI is InChI=1S/C24H26N2O7/c1-3-4-13-32-20-11-9-19(10-12-20)26-22(28)15-33-24(31)17-5-7-18(8-6-17)25-21(27)14-16(2)23(29)30/h5-12,14H,3-4,13,15H2,1-2H3,(H,25,27)(H,26,28)(H,29,30). The Kier molecular flexibility index (Phi) is 9.63. The number of carbonyl (C=O) groups excluding carboxylic acids is 3. The summed E-state index contributed by atoms with van der Waals surface area (Å²) in [6, 6.07) is 12.6. The van der Waals surface area contributed by atoms with Gasteiger partial charge in [0.25, 0.3) is 5.91 Å². The first-order chi connectivity index (χ1) is 15.8. The van der Waals surface area contributed by atoms with Gasteiger partial charge in [0, 0.05) is 23.0 Å². The summed E-state index contributed by atoms with van der Waals surface area (Å²) in [5.41, 5.74) is 0.992. The lowest BCUT2D eigenvalue weighted by atomic mass is 10.2. The molecule has 9 heteroatoms. The molecule has 2 aromatic carbocycles. The SMILES string of the molecule is CCCCOc1ccc(NC(=O)COC(=O)c2ccc(NC(=O)C=C(C)C(=O)O)cc2)cc1. The lowest BCUT2D eigenvalue weighted by Crippen LogP contribution is -2.21. The molecule has 2 rings (SSSR count). The molecule has 0 heterocycles. The van der Waals surface area contributed by atoms with Gasteiger partial charge >= 0.3 is 11.9 Å². The molecule has 0 unspecified atom stereocenters. The van der Waals surface area contributed by atoms with Gasteiger partial charge in [0.05, 0.1) is 12.2 Å². The first kappa shape index (κ1) is 25.1. The van der Waals surface area contributed by atoms with E-state index in [9.17, 15) is 19.2 Å². The number of aliphatic carboxylic acids is 1. The number of esters is 1. The molecule has 174 valence electrons. The van der Waals surface area contributed by atoms with Gasteiger partial charge in [-0.25, -0.2) is 9.59 Å². The van der Waals surface area contributed by atoms with Crippen molar-refractivity contribution in [1.29, 1.82) is 0 Å². The number of amides is 2. The van der Waals surface area contributed by atoms with Crippen molar-refractivity contribution in [2.45, 2.75) is 26.7 Å². The van der Waals surface area contributed by atoms with Gasteiger partial charge in [-0.2, -0.15) is 0 Å². The quantitative estimate of drug-likeness (QED) is 0.268.